The van der Waals surface area contributed by atoms with E-state index in [0.717, 1.165) is 5.56 Å². The van der Waals surface area contributed by atoms with E-state index < -0.39 is 12.1 Å². The predicted octanol–water partition coefficient (Wildman–Crippen LogP) is 5.04. The van der Waals surface area contributed by atoms with E-state index in [0.29, 0.717) is 33.3 Å². The van der Waals surface area contributed by atoms with Gasteiger partial charge < -0.3 is 14.7 Å². The number of benzene rings is 2. The summed E-state index contributed by atoms with van der Waals surface area (Å²) in [6, 6.07) is 13.6. The topological polar surface area (TPSA) is 86.8 Å². The lowest BCUT2D eigenvalue weighted by Gasteiger charge is -2.27. The maximum Gasteiger partial charge on any atom is 0.412 e. The van der Waals surface area contributed by atoms with E-state index in [9.17, 15) is 15.0 Å². The third kappa shape index (κ3) is 3.67. The van der Waals surface area contributed by atoms with Crippen LogP contribution in [-0.4, -0.2) is 21.5 Å². The van der Waals surface area contributed by atoms with E-state index in [1.54, 1.807) is 56.3 Å². The molecule has 27 heavy (non-hydrogen) atoms. The summed E-state index contributed by atoms with van der Waals surface area (Å²) >= 11 is 6.28. The quantitative estimate of drug-likeness (QED) is 0.641. The van der Waals surface area contributed by atoms with Gasteiger partial charge in [0.05, 0.1) is 12.6 Å². The Morgan fingerprint density at radius 3 is 2.48 bits per heavy atom. The number of carboxylic acid groups (broad SMARTS) is 1. The second kappa shape index (κ2) is 7.82. The van der Waals surface area contributed by atoms with Gasteiger partial charge in [0.1, 0.15) is 11.4 Å². The normalized spacial score (nSPS) is 12.0. The van der Waals surface area contributed by atoms with Crippen LogP contribution in [-0.2, 0) is 6.61 Å². The molecule has 1 atom stereocenters. The fraction of sp³-hybridized carbons (Fsp3) is 0.200. The average molecular weight is 387 g/mol. The zero-order chi connectivity index (χ0) is 19.6. The Morgan fingerprint density at radius 2 is 1.89 bits per heavy atom. The second-order valence-corrected chi connectivity index (χ2v) is 6.55. The van der Waals surface area contributed by atoms with E-state index >= 15 is 0 Å². The lowest BCUT2D eigenvalue weighted by Crippen LogP contribution is -2.33. The molecule has 140 valence electrons. The van der Waals surface area contributed by atoms with Gasteiger partial charge in [0.15, 0.2) is 5.76 Å². The molecular weight excluding hydrogens is 368 g/mol. The van der Waals surface area contributed by atoms with Gasteiger partial charge in [0.25, 0.3) is 0 Å². The van der Waals surface area contributed by atoms with Crippen LogP contribution in [0, 0.1) is 6.92 Å². The van der Waals surface area contributed by atoms with E-state index in [1.165, 1.54) is 4.90 Å². The third-order valence-electron chi connectivity index (χ3n) is 4.43. The number of aliphatic hydroxyl groups excluding tert-OH is 1. The monoisotopic (exact) mass is 386 g/mol. The SMILES string of the molecule is Cc1onc(-c2ccc(CO)cc2)c1N(C(=O)O)C(C)c1ccccc1Cl. The Labute approximate surface area is 161 Å². The number of amides is 1. The van der Waals surface area contributed by atoms with Crippen LogP contribution in [0.15, 0.2) is 53.1 Å². The van der Waals surface area contributed by atoms with Crippen LogP contribution in [0.4, 0.5) is 10.5 Å². The molecule has 0 aliphatic heterocycles. The molecule has 1 aromatic heterocycles. The summed E-state index contributed by atoms with van der Waals surface area (Å²) in [5.41, 5.74) is 2.91. The number of carbonyl (C=O) groups is 1. The van der Waals surface area contributed by atoms with Crippen LogP contribution in [0.25, 0.3) is 11.3 Å². The molecule has 0 bridgehead atoms. The van der Waals surface area contributed by atoms with E-state index in [1.807, 2.05) is 6.07 Å². The van der Waals surface area contributed by atoms with E-state index in [2.05, 4.69) is 5.16 Å². The van der Waals surface area contributed by atoms with Crippen LogP contribution in [0.3, 0.4) is 0 Å². The minimum atomic E-state index is -1.14. The van der Waals surface area contributed by atoms with Crippen molar-refractivity contribution in [3.8, 4) is 11.3 Å². The molecule has 1 amide bonds. The van der Waals surface area contributed by atoms with Crippen molar-refractivity contribution in [1.29, 1.82) is 0 Å². The molecule has 1 unspecified atom stereocenters. The standard InChI is InChI=1S/C20H19ClN2O4/c1-12(16-5-3-4-6-17(16)21)23(20(25)26)19-13(2)27-22-18(19)15-9-7-14(11-24)8-10-15/h3-10,12,24H,11H2,1-2H3,(H,25,26). The number of rotatable bonds is 5. The van der Waals surface area contributed by atoms with Gasteiger partial charge >= 0.3 is 6.09 Å². The van der Waals surface area contributed by atoms with Crippen molar-refractivity contribution in [3.63, 3.8) is 0 Å². The summed E-state index contributed by atoms with van der Waals surface area (Å²) < 4.78 is 5.32. The highest BCUT2D eigenvalue weighted by Crippen LogP contribution is 2.39. The number of aromatic nitrogens is 1. The van der Waals surface area contributed by atoms with Crippen LogP contribution in [0.5, 0.6) is 0 Å². The highest BCUT2D eigenvalue weighted by Gasteiger charge is 2.31. The third-order valence-corrected chi connectivity index (χ3v) is 4.78. The fourth-order valence-electron chi connectivity index (χ4n) is 3.02. The number of nitrogens with zero attached hydrogens (tertiary/aromatic N) is 2. The minimum Gasteiger partial charge on any atom is -0.465 e. The highest BCUT2D eigenvalue weighted by atomic mass is 35.5. The number of hydrogen-bond acceptors (Lipinski definition) is 4. The maximum atomic E-state index is 12.1. The molecule has 1 heterocycles. The summed E-state index contributed by atoms with van der Waals surface area (Å²) in [6.45, 7) is 3.36. The van der Waals surface area contributed by atoms with Crippen LogP contribution >= 0.6 is 11.6 Å². The Balaban J connectivity index is 2.10. The molecule has 0 fully saturated rings. The van der Waals surface area contributed by atoms with Crippen molar-refractivity contribution >= 4 is 23.4 Å². The summed E-state index contributed by atoms with van der Waals surface area (Å²) in [4.78, 5) is 13.4. The van der Waals surface area contributed by atoms with E-state index in [4.69, 9.17) is 16.1 Å². The lowest BCUT2D eigenvalue weighted by atomic mass is 10.0. The molecule has 7 heteroatoms. The Bertz CT molecular complexity index is 953. The fourth-order valence-corrected chi connectivity index (χ4v) is 3.31. The Kier molecular flexibility index (Phi) is 5.48. The highest BCUT2D eigenvalue weighted by molar-refractivity contribution is 6.31. The zero-order valence-corrected chi connectivity index (χ0v) is 15.6. The lowest BCUT2D eigenvalue weighted by molar-refractivity contribution is 0.199. The first-order valence-corrected chi connectivity index (χ1v) is 8.74. The van der Waals surface area contributed by atoms with Crippen molar-refractivity contribution in [1.82, 2.24) is 5.16 Å². The predicted molar refractivity (Wildman–Crippen MR) is 103 cm³/mol. The summed E-state index contributed by atoms with van der Waals surface area (Å²) in [5.74, 6) is 0.387. The molecule has 0 aliphatic carbocycles. The van der Waals surface area contributed by atoms with Gasteiger partial charge in [-0.1, -0.05) is 59.2 Å². The maximum absolute atomic E-state index is 12.1. The minimum absolute atomic E-state index is 0.0736. The van der Waals surface area contributed by atoms with Crippen LogP contribution in [0.1, 0.15) is 29.9 Å². The largest absolute Gasteiger partial charge is 0.465 e. The van der Waals surface area contributed by atoms with Crippen molar-refractivity contribution in [2.24, 2.45) is 0 Å². The molecular formula is C20H19ClN2O4. The number of anilines is 1. The molecule has 3 aromatic rings. The van der Waals surface area contributed by atoms with Gasteiger partial charge in [-0.3, -0.25) is 4.90 Å². The first kappa shape index (κ1) is 18.9. The molecule has 0 saturated carbocycles. The van der Waals surface area contributed by atoms with Gasteiger partial charge in [-0.05, 0) is 31.0 Å². The first-order chi connectivity index (χ1) is 12.9. The van der Waals surface area contributed by atoms with Gasteiger partial charge in [-0.2, -0.15) is 0 Å². The molecule has 0 aliphatic rings. The van der Waals surface area contributed by atoms with Crippen molar-refractivity contribution in [3.05, 3.63) is 70.4 Å². The summed E-state index contributed by atoms with van der Waals surface area (Å²) in [7, 11) is 0. The first-order valence-electron chi connectivity index (χ1n) is 8.37. The second-order valence-electron chi connectivity index (χ2n) is 6.14. The van der Waals surface area contributed by atoms with Gasteiger partial charge in [0, 0.05) is 10.6 Å². The molecule has 3 rings (SSSR count). The van der Waals surface area contributed by atoms with Crippen LogP contribution in [0.2, 0.25) is 5.02 Å². The van der Waals surface area contributed by atoms with Crippen LogP contribution < -0.4 is 4.90 Å². The summed E-state index contributed by atoms with van der Waals surface area (Å²) in [6.07, 6.45) is -1.14. The van der Waals surface area contributed by atoms with Gasteiger partial charge in [0.2, 0.25) is 0 Å². The molecule has 2 N–H and O–H groups in total. The Hall–Kier alpha value is -2.83. The molecule has 6 nitrogen and oxygen atoms in total. The van der Waals surface area contributed by atoms with Crippen molar-refractivity contribution in [2.75, 3.05) is 4.90 Å². The number of aliphatic hydroxyl groups is 1. The number of aryl methyl sites for hydroxylation is 1. The number of halogens is 1. The smallest absolute Gasteiger partial charge is 0.412 e. The van der Waals surface area contributed by atoms with Gasteiger partial charge in [-0.25, -0.2) is 4.79 Å². The van der Waals surface area contributed by atoms with E-state index in [-0.39, 0.29) is 6.61 Å². The molecule has 0 spiro atoms. The summed E-state index contributed by atoms with van der Waals surface area (Å²) in [5, 5.41) is 23.7. The van der Waals surface area contributed by atoms with Gasteiger partial charge in [-0.15, -0.1) is 0 Å². The average Bonchev–Trinajstić information content (AvgIpc) is 3.03. The Morgan fingerprint density at radius 1 is 1.22 bits per heavy atom. The molecule has 0 radical (unpaired) electrons. The molecule has 2 aromatic carbocycles. The van der Waals surface area contributed by atoms with Crippen molar-refractivity contribution < 1.29 is 19.5 Å². The number of hydrogen-bond donors (Lipinski definition) is 2. The molecule has 0 saturated heterocycles. The zero-order valence-electron chi connectivity index (χ0n) is 14.9. The van der Waals surface area contributed by atoms with Crippen molar-refractivity contribution in [2.45, 2.75) is 26.5 Å².